The summed E-state index contributed by atoms with van der Waals surface area (Å²) in [5, 5.41) is 0. The van der Waals surface area contributed by atoms with Crippen LogP contribution in [-0.4, -0.2) is 16.5 Å². The highest BCUT2D eigenvalue weighted by molar-refractivity contribution is 6.41. The van der Waals surface area contributed by atoms with E-state index in [-0.39, 0.29) is 5.41 Å². The van der Waals surface area contributed by atoms with Gasteiger partial charge in [0.25, 0.3) is 0 Å². The molecule has 2 heterocycles. The average Bonchev–Trinajstić information content (AvgIpc) is 3.20. The van der Waals surface area contributed by atoms with Gasteiger partial charge >= 0.3 is 0 Å². The van der Waals surface area contributed by atoms with Gasteiger partial charge in [-0.05, 0) is 74.1 Å². The summed E-state index contributed by atoms with van der Waals surface area (Å²) < 4.78 is 0. The SMILES string of the molecule is CC#Cc1cncc(-c2ccc3c(c2)[C@@]2(N=C(C)C(N)=N2)C2(C3)C[C@@H](C)C(C)[C@@H](C)C2)c1. The number of fused-ring (bicyclic) bond motifs is 3. The standard InChI is InChI=1S/C28H32N4/c1-6-7-21-10-24(16-30-15-21)22-8-9-23-14-27(12-17(2)19(4)18(3)13-27)28(25(23)11-22)31-20(5)26(29)32-28/h8-11,15-19H,12-14H2,1-5H3,(H2,29,32)/t17-,18+,19?,27?,28-/m0/s1. The van der Waals surface area contributed by atoms with Crippen molar-refractivity contribution < 1.29 is 0 Å². The Morgan fingerprint density at radius 2 is 1.75 bits per heavy atom. The van der Waals surface area contributed by atoms with Crippen LogP contribution in [0.1, 0.15) is 64.2 Å². The summed E-state index contributed by atoms with van der Waals surface area (Å²) in [6.07, 6.45) is 6.98. The Labute approximate surface area is 191 Å². The first-order chi connectivity index (χ1) is 15.3. The highest BCUT2D eigenvalue weighted by atomic mass is 15.2. The van der Waals surface area contributed by atoms with E-state index in [4.69, 9.17) is 15.7 Å². The van der Waals surface area contributed by atoms with Crippen LogP contribution < -0.4 is 5.73 Å². The molecular formula is C28H32N4. The third-order valence-electron chi connectivity index (χ3n) is 8.30. The molecule has 1 aromatic carbocycles. The zero-order valence-corrected chi connectivity index (χ0v) is 19.7. The van der Waals surface area contributed by atoms with Crippen LogP contribution in [0.25, 0.3) is 11.1 Å². The molecule has 2 aromatic rings. The Morgan fingerprint density at radius 3 is 2.41 bits per heavy atom. The first-order valence-corrected chi connectivity index (χ1v) is 11.7. The number of aromatic nitrogens is 1. The molecule has 0 radical (unpaired) electrons. The van der Waals surface area contributed by atoms with Gasteiger partial charge in [-0.25, -0.2) is 4.99 Å². The summed E-state index contributed by atoms with van der Waals surface area (Å²) in [6, 6.07) is 8.89. The molecule has 1 fully saturated rings. The molecule has 32 heavy (non-hydrogen) atoms. The minimum Gasteiger partial charge on any atom is -0.382 e. The number of hydrogen-bond acceptors (Lipinski definition) is 4. The van der Waals surface area contributed by atoms with E-state index in [1.54, 1.807) is 0 Å². The number of hydrogen-bond donors (Lipinski definition) is 1. The molecule has 0 amide bonds. The zero-order chi connectivity index (χ0) is 22.7. The van der Waals surface area contributed by atoms with Crippen molar-refractivity contribution in [2.24, 2.45) is 38.9 Å². The van der Waals surface area contributed by atoms with E-state index in [1.165, 1.54) is 11.1 Å². The molecule has 1 saturated carbocycles. The Morgan fingerprint density at radius 1 is 1.00 bits per heavy atom. The molecule has 2 unspecified atom stereocenters. The molecule has 4 heteroatoms. The van der Waals surface area contributed by atoms with Crippen molar-refractivity contribution in [2.45, 2.75) is 59.5 Å². The third kappa shape index (κ3) is 2.94. The Balaban J connectivity index is 1.67. The van der Waals surface area contributed by atoms with Crippen molar-refractivity contribution in [2.75, 3.05) is 0 Å². The van der Waals surface area contributed by atoms with E-state index in [0.29, 0.717) is 23.6 Å². The minimum absolute atomic E-state index is 0.0184. The molecule has 5 rings (SSSR count). The highest BCUT2D eigenvalue weighted by Crippen LogP contribution is 2.64. The monoisotopic (exact) mass is 424 g/mol. The van der Waals surface area contributed by atoms with Gasteiger partial charge in [-0.3, -0.25) is 9.98 Å². The lowest BCUT2D eigenvalue weighted by Crippen LogP contribution is -2.47. The summed E-state index contributed by atoms with van der Waals surface area (Å²) in [7, 11) is 0. The molecule has 5 atom stereocenters. The van der Waals surface area contributed by atoms with Crippen LogP contribution in [0.3, 0.4) is 0 Å². The lowest BCUT2D eigenvalue weighted by Gasteiger charge is -2.49. The number of aliphatic imine (C=N–C) groups is 2. The zero-order valence-electron chi connectivity index (χ0n) is 19.7. The largest absolute Gasteiger partial charge is 0.382 e. The quantitative estimate of drug-likeness (QED) is 0.627. The van der Waals surface area contributed by atoms with E-state index in [0.717, 1.165) is 41.7 Å². The molecule has 1 aliphatic heterocycles. The van der Waals surface area contributed by atoms with Gasteiger partial charge in [0.1, 0.15) is 5.84 Å². The van der Waals surface area contributed by atoms with Crippen molar-refractivity contribution in [3.8, 4) is 23.0 Å². The maximum Gasteiger partial charge on any atom is 0.184 e. The fraction of sp³-hybridized carbons (Fsp3) is 0.464. The van der Waals surface area contributed by atoms with Crippen molar-refractivity contribution >= 4 is 11.5 Å². The van der Waals surface area contributed by atoms with Crippen LogP contribution in [0.5, 0.6) is 0 Å². The van der Waals surface area contributed by atoms with Gasteiger partial charge in [0.2, 0.25) is 0 Å². The second kappa shape index (κ2) is 7.30. The van der Waals surface area contributed by atoms with Crippen LogP contribution in [0.4, 0.5) is 0 Å². The molecule has 4 nitrogen and oxygen atoms in total. The molecule has 2 spiro atoms. The Kier molecular flexibility index (Phi) is 4.78. The smallest absolute Gasteiger partial charge is 0.184 e. The Hall–Kier alpha value is -2.93. The molecule has 3 aliphatic rings. The first kappa shape index (κ1) is 20.9. The molecular weight excluding hydrogens is 392 g/mol. The normalized spacial score (nSPS) is 33.0. The Bertz CT molecular complexity index is 1180. The fourth-order valence-electron chi connectivity index (χ4n) is 6.43. The second-order valence-electron chi connectivity index (χ2n) is 10.3. The van der Waals surface area contributed by atoms with Crippen molar-refractivity contribution in [1.82, 2.24) is 4.98 Å². The lowest BCUT2D eigenvalue weighted by atomic mass is 9.57. The van der Waals surface area contributed by atoms with Crippen molar-refractivity contribution in [3.05, 3.63) is 53.3 Å². The summed E-state index contributed by atoms with van der Waals surface area (Å²) in [5.41, 5.74) is 12.3. The number of rotatable bonds is 1. The predicted molar refractivity (Wildman–Crippen MR) is 131 cm³/mol. The maximum absolute atomic E-state index is 6.37. The maximum atomic E-state index is 6.37. The molecule has 2 N–H and O–H groups in total. The van der Waals surface area contributed by atoms with Gasteiger partial charge in [-0.15, -0.1) is 5.92 Å². The van der Waals surface area contributed by atoms with Gasteiger partial charge in [0, 0.05) is 34.5 Å². The van der Waals surface area contributed by atoms with Crippen molar-refractivity contribution in [3.63, 3.8) is 0 Å². The summed E-state index contributed by atoms with van der Waals surface area (Å²) in [4.78, 5) is 14.8. The number of benzene rings is 1. The molecule has 2 aliphatic carbocycles. The molecule has 0 saturated heterocycles. The average molecular weight is 425 g/mol. The van der Waals surface area contributed by atoms with Gasteiger partial charge in [-0.1, -0.05) is 38.8 Å². The van der Waals surface area contributed by atoms with Crippen LogP contribution in [-0.2, 0) is 12.1 Å². The number of nitrogens with zero attached hydrogens (tertiary/aromatic N) is 3. The number of pyridine rings is 1. The third-order valence-corrected chi connectivity index (χ3v) is 8.30. The second-order valence-corrected chi connectivity index (χ2v) is 10.3. The van der Waals surface area contributed by atoms with E-state index >= 15 is 0 Å². The number of nitrogens with two attached hydrogens (primary N) is 1. The fourth-order valence-corrected chi connectivity index (χ4v) is 6.43. The molecule has 0 bridgehead atoms. The summed E-state index contributed by atoms with van der Waals surface area (Å²) >= 11 is 0. The topological polar surface area (TPSA) is 63.6 Å². The van der Waals surface area contributed by atoms with Gasteiger partial charge in [-0.2, -0.15) is 0 Å². The van der Waals surface area contributed by atoms with Gasteiger partial charge < -0.3 is 5.73 Å². The summed E-state index contributed by atoms with van der Waals surface area (Å²) in [5.74, 6) is 8.64. The van der Waals surface area contributed by atoms with Gasteiger partial charge in [0.05, 0.1) is 5.71 Å². The van der Waals surface area contributed by atoms with Crippen molar-refractivity contribution in [1.29, 1.82) is 0 Å². The molecule has 164 valence electrons. The van der Waals surface area contributed by atoms with Crippen LogP contribution in [0.2, 0.25) is 0 Å². The van der Waals surface area contributed by atoms with Crippen LogP contribution >= 0.6 is 0 Å². The van der Waals surface area contributed by atoms with E-state index in [9.17, 15) is 0 Å². The first-order valence-electron chi connectivity index (χ1n) is 11.7. The minimum atomic E-state index is -0.608. The van der Waals surface area contributed by atoms with E-state index in [1.807, 2.05) is 26.2 Å². The summed E-state index contributed by atoms with van der Waals surface area (Å²) in [6.45, 7) is 11.0. The van der Waals surface area contributed by atoms with Crippen LogP contribution in [0, 0.1) is 35.0 Å². The number of amidine groups is 1. The van der Waals surface area contributed by atoms with Crippen LogP contribution in [0.15, 0.2) is 46.6 Å². The van der Waals surface area contributed by atoms with Gasteiger partial charge in [0.15, 0.2) is 5.66 Å². The predicted octanol–water partition coefficient (Wildman–Crippen LogP) is 5.35. The van der Waals surface area contributed by atoms with E-state index in [2.05, 4.69) is 61.9 Å². The lowest BCUT2D eigenvalue weighted by molar-refractivity contribution is 0.00554. The highest BCUT2D eigenvalue weighted by Gasteiger charge is 2.62. The van der Waals surface area contributed by atoms with E-state index < -0.39 is 5.66 Å². The molecule has 1 aromatic heterocycles.